The van der Waals surface area contributed by atoms with Crippen molar-refractivity contribution in [2.24, 2.45) is 5.92 Å². The predicted molar refractivity (Wildman–Crippen MR) is 82.9 cm³/mol. The van der Waals surface area contributed by atoms with E-state index >= 15 is 0 Å². The molecule has 1 aliphatic rings. The molecule has 0 bridgehead atoms. The van der Waals surface area contributed by atoms with Gasteiger partial charge < -0.3 is 10.2 Å². The second-order valence-corrected chi connectivity index (χ2v) is 6.20. The molecule has 0 aromatic heterocycles. The number of carbonyl (C=O) groups is 2. The van der Waals surface area contributed by atoms with Gasteiger partial charge in [-0.25, -0.2) is 4.39 Å². The number of nitrogens with one attached hydrogen (secondary N) is 1. The van der Waals surface area contributed by atoms with Gasteiger partial charge >= 0.3 is 0 Å². The van der Waals surface area contributed by atoms with Crippen LogP contribution in [0.2, 0.25) is 0 Å². The third kappa shape index (κ3) is 4.29. The molecule has 1 heterocycles. The Labute approximate surface area is 130 Å². The van der Waals surface area contributed by atoms with Crippen LogP contribution in [0.4, 0.5) is 4.39 Å². The first-order valence-electron chi connectivity index (χ1n) is 7.82. The van der Waals surface area contributed by atoms with Crippen LogP contribution in [0.25, 0.3) is 0 Å². The van der Waals surface area contributed by atoms with Gasteiger partial charge in [0.05, 0.1) is 0 Å². The molecule has 0 aliphatic carbocycles. The van der Waals surface area contributed by atoms with Crippen molar-refractivity contribution in [2.75, 3.05) is 13.1 Å². The van der Waals surface area contributed by atoms with E-state index in [9.17, 15) is 14.0 Å². The summed E-state index contributed by atoms with van der Waals surface area (Å²) in [4.78, 5) is 26.6. The Kier molecular flexibility index (Phi) is 5.52. The number of rotatable bonds is 5. The summed E-state index contributed by atoms with van der Waals surface area (Å²) in [6, 6.07) is 4.96. The minimum Gasteiger partial charge on any atom is -0.341 e. The fraction of sp³-hybridized carbons (Fsp3) is 0.529. The van der Waals surface area contributed by atoms with E-state index in [1.54, 1.807) is 11.0 Å². The molecule has 1 atom stereocenters. The Morgan fingerprint density at radius 1 is 1.27 bits per heavy atom. The number of benzene rings is 1. The second-order valence-electron chi connectivity index (χ2n) is 6.20. The quantitative estimate of drug-likeness (QED) is 0.909. The average Bonchev–Trinajstić information content (AvgIpc) is 2.99. The molecule has 2 amide bonds. The lowest BCUT2D eigenvalue weighted by Gasteiger charge is -2.25. The van der Waals surface area contributed by atoms with Gasteiger partial charge in [0.2, 0.25) is 5.91 Å². The van der Waals surface area contributed by atoms with Crippen LogP contribution < -0.4 is 5.32 Å². The van der Waals surface area contributed by atoms with Crippen molar-refractivity contribution >= 4 is 11.8 Å². The molecule has 0 radical (unpaired) electrons. The van der Waals surface area contributed by atoms with E-state index in [0.717, 1.165) is 25.9 Å². The first kappa shape index (κ1) is 16.5. The molecular formula is C17H23FN2O2. The first-order valence-corrected chi connectivity index (χ1v) is 7.82. The minimum atomic E-state index is -0.547. The third-order valence-electron chi connectivity index (χ3n) is 3.82. The van der Waals surface area contributed by atoms with Crippen molar-refractivity contribution in [3.63, 3.8) is 0 Å². The summed E-state index contributed by atoms with van der Waals surface area (Å²) in [5.74, 6) is -0.614. The Bertz CT molecular complexity index is 539. The zero-order valence-electron chi connectivity index (χ0n) is 13.1. The van der Waals surface area contributed by atoms with Gasteiger partial charge in [-0.2, -0.15) is 0 Å². The van der Waals surface area contributed by atoms with Crippen molar-refractivity contribution in [2.45, 2.75) is 39.2 Å². The molecule has 1 aromatic carbocycles. The van der Waals surface area contributed by atoms with Crippen LogP contribution in [-0.4, -0.2) is 35.8 Å². The van der Waals surface area contributed by atoms with E-state index in [2.05, 4.69) is 5.32 Å². The molecule has 120 valence electrons. The smallest absolute Gasteiger partial charge is 0.252 e. The second kappa shape index (κ2) is 7.38. The Hall–Kier alpha value is -1.91. The normalized spacial score (nSPS) is 15.9. The lowest BCUT2D eigenvalue weighted by Crippen LogP contribution is -2.48. The van der Waals surface area contributed by atoms with Crippen molar-refractivity contribution in [3.05, 3.63) is 35.6 Å². The van der Waals surface area contributed by atoms with Gasteiger partial charge in [-0.05, 0) is 43.4 Å². The highest BCUT2D eigenvalue weighted by Gasteiger charge is 2.28. The third-order valence-corrected chi connectivity index (χ3v) is 3.82. The maximum Gasteiger partial charge on any atom is 0.252 e. The zero-order valence-corrected chi connectivity index (χ0v) is 13.1. The molecule has 4 nitrogen and oxygen atoms in total. The van der Waals surface area contributed by atoms with Crippen LogP contribution in [0.3, 0.4) is 0 Å². The monoisotopic (exact) mass is 306 g/mol. The zero-order chi connectivity index (χ0) is 16.1. The topological polar surface area (TPSA) is 49.4 Å². The van der Waals surface area contributed by atoms with E-state index in [4.69, 9.17) is 0 Å². The van der Waals surface area contributed by atoms with Gasteiger partial charge in [-0.3, -0.25) is 9.59 Å². The summed E-state index contributed by atoms with van der Waals surface area (Å²) >= 11 is 0. The van der Waals surface area contributed by atoms with Crippen LogP contribution in [0, 0.1) is 11.7 Å². The molecule has 1 fully saturated rings. The summed E-state index contributed by atoms with van der Waals surface area (Å²) in [5, 5.41) is 2.77. The Balaban J connectivity index is 2.08. The minimum absolute atomic E-state index is 0.0315. The number of nitrogens with zero attached hydrogens (tertiary/aromatic N) is 1. The lowest BCUT2D eigenvalue weighted by molar-refractivity contribution is -0.132. The van der Waals surface area contributed by atoms with Crippen molar-refractivity contribution in [1.29, 1.82) is 0 Å². The molecule has 1 N–H and O–H groups in total. The van der Waals surface area contributed by atoms with E-state index in [0.29, 0.717) is 6.42 Å². The summed E-state index contributed by atoms with van der Waals surface area (Å²) in [5.41, 5.74) is 0.239. The average molecular weight is 306 g/mol. The molecule has 5 heteroatoms. The van der Waals surface area contributed by atoms with Gasteiger partial charge in [0.15, 0.2) is 0 Å². The highest BCUT2D eigenvalue weighted by Crippen LogP contribution is 2.14. The van der Waals surface area contributed by atoms with Crippen molar-refractivity contribution in [1.82, 2.24) is 10.2 Å². The maximum atomic E-state index is 13.2. The van der Waals surface area contributed by atoms with E-state index in [1.165, 1.54) is 18.2 Å². The number of hydrogen-bond donors (Lipinski definition) is 1. The highest BCUT2D eigenvalue weighted by molar-refractivity contribution is 5.97. The molecule has 22 heavy (non-hydrogen) atoms. The van der Waals surface area contributed by atoms with Crippen LogP contribution >= 0.6 is 0 Å². The maximum absolute atomic E-state index is 13.2. The number of carbonyl (C=O) groups excluding carboxylic acids is 2. The van der Waals surface area contributed by atoms with Gasteiger partial charge in [0, 0.05) is 18.7 Å². The molecule has 0 unspecified atom stereocenters. The van der Waals surface area contributed by atoms with E-state index < -0.39 is 17.8 Å². The molecular weight excluding hydrogens is 283 g/mol. The van der Waals surface area contributed by atoms with Crippen molar-refractivity contribution < 1.29 is 14.0 Å². The predicted octanol–water partition coefficient (Wildman–Crippen LogP) is 2.59. The molecule has 0 spiro atoms. The lowest BCUT2D eigenvalue weighted by atomic mass is 10.0. The van der Waals surface area contributed by atoms with Crippen LogP contribution in [0.15, 0.2) is 24.3 Å². The Morgan fingerprint density at radius 2 is 1.95 bits per heavy atom. The van der Waals surface area contributed by atoms with E-state index in [-0.39, 0.29) is 17.4 Å². The first-order chi connectivity index (χ1) is 10.5. The molecule has 1 saturated heterocycles. The summed E-state index contributed by atoms with van der Waals surface area (Å²) in [6.07, 6.45) is 2.60. The van der Waals surface area contributed by atoms with Gasteiger partial charge in [0.25, 0.3) is 5.91 Å². The van der Waals surface area contributed by atoms with Crippen LogP contribution in [-0.2, 0) is 4.79 Å². The molecule has 1 aliphatic heterocycles. The fourth-order valence-corrected chi connectivity index (χ4v) is 2.72. The summed E-state index contributed by atoms with van der Waals surface area (Å²) in [7, 11) is 0. The largest absolute Gasteiger partial charge is 0.341 e. The SMILES string of the molecule is CC(C)C[C@H](NC(=O)c1cccc(F)c1)C(=O)N1CCCC1. The van der Waals surface area contributed by atoms with Crippen LogP contribution in [0.1, 0.15) is 43.5 Å². The van der Waals surface area contributed by atoms with Gasteiger partial charge in [-0.15, -0.1) is 0 Å². The van der Waals surface area contributed by atoms with E-state index in [1.807, 2.05) is 13.8 Å². The molecule has 2 rings (SSSR count). The number of hydrogen-bond acceptors (Lipinski definition) is 2. The summed E-state index contributed by atoms with van der Waals surface area (Å²) < 4.78 is 13.2. The van der Waals surface area contributed by atoms with Gasteiger partial charge in [-0.1, -0.05) is 19.9 Å². The number of likely N-dealkylation sites (tertiary alicyclic amines) is 1. The molecule has 1 aromatic rings. The standard InChI is InChI=1S/C17H23FN2O2/c1-12(2)10-15(17(22)20-8-3-4-9-20)19-16(21)13-6-5-7-14(18)11-13/h5-7,11-12,15H,3-4,8-10H2,1-2H3,(H,19,21)/t15-/m0/s1. The van der Waals surface area contributed by atoms with Crippen molar-refractivity contribution in [3.8, 4) is 0 Å². The highest BCUT2D eigenvalue weighted by atomic mass is 19.1. The van der Waals surface area contributed by atoms with Gasteiger partial charge in [0.1, 0.15) is 11.9 Å². The molecule has 0 saturated carbocycles. The van der Waals surface area contributed by atoms with Crippen LogP contribution in [0.5, 0.6) is 0 Å². The fourth-order valence-electron chi connectivity index (χ4n) is 2.72. The number of amides is 2. The number of halogens is 1. The summed E-state index contributed by atoms with van der Waals surface area (Å²) in [6.45, 7) is 5.53. The Morgan fingerprint density at radius 3 is 2.55 bits per heavy atom.